The Balaban J connectivity index is 2.18. The molecule has 2 unspecified atom stereocenters. The molecule has 1 aromatic carbocycles. The van der Waals surface area contributed by atoms with Crippen molar-refractivity contribution in [3.63, 3.8) is 0 Å². The maximum absolute atomic E-state index is 12.5. The second-order valence-corrected chi connectivity index (χ2v) is 5.59. The van der Waals surface area contributed by atoms with Crippen molar-refractivity contribution in [3.05, 3.63) is 41.6 Å². The normalized spacial score (nSPS) is 16.8. The number of hydrogen-bond donors (Lipinski definition) is 2. The molecule has 0 bridgehead atoms. The average molecular weight is 313 g/mol. The van der Waals surface area contributed by atoms with Gasteiger partial charge in [-0.25, -0.2) is 0 Å². The molecule has 0 aliphatic carbocycles. The molecule has 1 aliphatic rings. The van der Waals surface area contributed by atoms with Gasteiger partial charge in [-0.2, -0.15) is 5.26 Å². The topological polar surface area (TPSA) is 93.4 Å². The van der Waals surface area contributed by atoms with Crippen LogP contribution in [0.1, 0.15) is 25.8 Å². The van der Waals surface area contributed by atoms with E-state index < -0.39 is 11.8 Å². The minimum Gasteiger partial charge on any atom is -0.392 e. The largest absolute Gasteiger partial charge is 0.392 e. The number of carbonyl (C=O) groups is 2. The molecule has 2 amide bonds. The van der Waals surface area contributed by atoms with Gasteiger partial charge < -0.3 is 10.4 Å². The van der Waals surface area contributed by atoms with Gasteiger partial charge in [-0.1, -0.05) is 25.1 Å². The molecule has 2 rings (SSSR count). The van der Waals surface area contributed by atoms with Crippen LogP contribution in [-0.2, 0) is 16.2 Å². The van der Waals surface area contributed by atoms with Gasteiger partial charge in [-0.3, -0.25) is 14.5 Å². The summed E-state index contributed by atoms with van der Waals surface area (Å²) in [6.45, 7) is 3.43. The van der Waals surface area contributed by atoms with Crippen LogP contribution < -0.4 is 5.32 Å². The molecule has 0 saturated carbocycles. The number of amides is 2. The quantitative estimate of drug-likeness (QED) is 0.781. The number of carbonyl (C=O) groups excluding carboxylic acids is 2. The molecule has 0 fully saturated rings. The first kappa shape index (κ1) is 16.7. The number of nitrogens with one attached hydrogen (secondary N) is 1. The van der Waals surface area contributed by atoms with E-state index in [2.05, 4.69) is 11.4 Å². The minimum absolute atomic E-state index is 0.106. The first-order chi connectivity index (χ1) is 11.0. The van der Waals surface area contributed by atoms with Crippen molar-refractivity contribution in [2.75, 3.05) is 5.32 Å². The molecular weight excluding hydrogens is 294 g/mol. The van der Waals surface area contributed by atoms with Gasteiger partial charge in [-0.15, -0.1) is 0 Å². The Morgan fingerprint density at radius 3 is 2.65 bits per heavy atom. The van der Waals surface area contributed by atoms with Gasteiger partial charge in [0.05, 0.1) is 12.7 Å². The van der Waals surface area contributed by atoms with Crippen LogP contribution in [0.2, 0.25) is 0 Å². The van der Waals surface area contributed by atoms with E-state index in [0.29, 0.717) is 11.3 Å². The molecular formula is C17H19N3O3. The van der Waals surface area contributed by atoms with Crippen LogP contribution in [0.5, 0.6) is 0 Å². The van der Waals surface area contributed by atoms with Crippen LogP contribution in [0.4, 0.5) is 5.69 Å². The highest BCUT2D eigenvalue weighted by molar-refractivity contribution is 6.17. The highest BCUT2D eigenvalue weighted by Crippen LogP contribution is 2.24. The number of imide groups is 1. The highest BCUT2D eigenvalue weighted by Gasteiger charge is 2.36. The zero-order valence-corrected chi connectivity index (χ0v) is 13.1. The lowest BCUT2D eigenvalue weighted by Crippen LogP contribution is -2.42. The lowest BCUT2D eigenvalue weighted by molar-refractivity contribution is -0.140. The maximum atomic E-state index is 12.5. The standard InChI is InChI=1S/C17H19N3O3/c1-11(7-8-18)12(2)20-16(22)9-15(17(20)23)19-14-6-4-3-5-13(14)10-21/h3-6,9,11-12,19,21H,7,10H2,1-2H3. The number of anilines is 1. The fraction of sp³-hybridized carbons (Fsp3) is 0.353. The third-order valence-electron chi connectivity index (χ3n) is 4.06. The van der Waals surface area contributed by atoms with E-state index in [-0.39, 0.29) is 30.7 Å². The van der Waals surface area contributed by atoms with Gasteiger partial charge in [0, 0.05) is 29.8 Å². The molecule has 2 atom stereocenters. The minimum atomic E-state index is -0.417. The van der Waals surface area contributed by atoms with Crippen molar-refractivity contribution in [3.8, 4) is 6.07 Å². The third kappa shape index (κ3) is 3.41. The monoisotopic (exact) mass is 313 g/mol. The molecule has 0 saturated heterocycles. The van der Waals surface area contributed by atoms with E-state index in [4.69, 9.17) is 5.26 Å². The summed E-state index contributed by atoms with van der Waals surface area (Å²) in [5.74, 6) is -0.915. The van der Waals surface area contributed by atoms with E-state index in [0.717, 1.165) is 0 Å². The second-order valence-electron chi connectivity index (χ2n) is 5.59. The Bertz CT molecular complexity index is 691. The van der Waals surface area contributed by atoms with Gasteiger partial charge in [0.15, 0.2) is 0 Å². The Morgan fingerprint density at radius 1 is 1.30 bits per heavy atom. The number of rotatable bonds is 6. The van der Waals surface area contributed by atoms with Crippen molar-refractivity contribution in [1.82, 2.24) is 4.90 Å². The molecule has 1 aromatic rings. The molecule has 1 heterocycles. The highest BCUT2D eigenvalue weighted by atomic mass is 16.3. The van der Waals surface area contributed by atoms with Crippen LogP contribution in [-0.4, -0.2) is 27.9 Å². The van der Waals surface area contributed by atoms with Crippen LogP contribution in [0.25, 0.3) is 0 Å². The molecule has 2 N–H and O–H groups in total. The van der Waals surface area contributed by atoms with E-state index in [9.17, 15) is 14.7 Å². The molecule has 23 heavy (non-hydrogen) atoms. The third-order valence-corrected chi connectivity index (χ3v) is 4.06. The number of nitrogens with zero attached hydrogens (tertiary/aromatic N) is 2. The van der Waals surface area contributed by atoms with Crippen LogP contribution in [0, 0.1) is 17.2 Å². The van der Waals surface area contributed by atoms with E-state index in [1.165, 1.54) is 11.0 Å². The maximum Gasteiger partial charge on any atom is 0.277 e. The van der Waals surface area contributed by atoms with E-state index in [1.807, 2.05) is 6.92 Å². The van der Waals surface area contributed by atoms with Crippen LogP contribution in [0.3, 0.4) is 0 Å². The summed E-state index contributed by atoms with van der Waals surface area (Å²) in [5.41, 5.74) is 1.40. The molecule has 0 radical (unpaired) electrons. The van der Waals surface area contributed by atoms with Gasteiger partial charge in [0.2, 0.25) is 0 Å². The van der Waals surface area contributed by atoms with E-state index >= 15 is 0 Å². The zero-order chi connectivity index (χ0) is 17.0. The Labute approximate surface area is 135 Å². The van der Waals surface area contributed by atoms with Crippen molar-refractivity contribution in [2.24, 2.45) is 5.92 Å². The Kier molecular flexibility index (Phi) is 5.14. The summed E-state index contributed by atoms with van der Waals surface area (Å²) >= 11 is 0. The van der Waals surface area contributed by atoms with Gasteiger partial charge in [0.1, 0.15) is 5.70 Å². The first-order valence-electron chi connectivity index (χ1n) is 7.41. The van der Waals surface area contributed by atoms with Crippen molar-refractivity contribution < 1.29 is 14.7 Å². The number of aliphatic hydroxyl groups excluding tert-OH is 1. The zero-order valence-electron chi connectivity index (χ0n) is 13.1. The fourth-order valence-electron chi connectivity index (χ4n) is 2.45. The molecule has 6 heteroatoms. The number of para-hydroxylation sites is 1. The molecule has 1 aliphatic heterocycles. The smallest absolute Gasteiger partial charge is 0.277 e. The average Bonchev–Trinajstić information content (AvgIpc) is 2.81. The van der Waals surface area contributed by atoms with Crippen LogP contribution in [0.15, 0.2) is 36.0 Å². The molecule has 0 spiro atoms. The summed E-state index contributed by atoms with van der Waals surface area (Å²) < 4.78 is 0. The Morgan fingerprint density at radius 2 is 2.00 bits per heavy atom. The summed E-state index contributed by atoms with van der Waals surface area (Å²) in [6.07, 6.45) is 1.53. The Hall–Kier alpha value is -2.65. The summed E-state index contributed by atoms with van der Waals surface area (Å²) in [7, 11) is 0. The number of hydrogen-bond acceptors (Lipinski definition) is 5. The lowest BCUT2D eigenvalue weighted by Gasteiger charge is -2.27. The second kappa shape index (κ2) is 7.07. The molecule has 6 nitrogen and oxygen atoms in total. The van der Waals surface area contributed by atoms with Gasteiger partial charge in [0.25, 0.3) is 11.8 Å². The van der Waals surface area contributed by atoms with Crippen molar-refractivity contribution in [1.29, 1.82) is 5.26 Å². The summed E-state index contributed by atoms with van der Waals surface area (Å²) in [5, 5.41) is 21.0. The van der Waals surface area contributed by atoms with Gasteiger partial charge >= 0.3 is 0 Å². The first-order valence-corrected chi connectivity index (χ1v) is 7.41. The number of aliphatic hydroxyl groups is 1. The fourth-order valence-corrected chi connectivity index (χ4v) is 2.45. The predicted octanol–water partition coefficient (Wildman–Crippen LogP) is 1.78. The van der Waals surface area contributed by atoms with E-state index in [1.54, 1.807) is 31.2 Å². The molecule has 0 aromatic heterocycles. The SMILES string of the molecule is CC(CC#N)C(C)N1C(=O)C=C(Nc2ccccc2CO)C1=O. The van der Waals surface area contributed by atoms with Crippen molar-refractivity contribution in [2.45, 2.75) is 32.9 Å². The number of benzene rings is 1. The summed E-state index contributed by atoms with van der Waals surface area (Å²) in [6, 6.07) is 8.72. The predicted molar refractivity (Wildman–Crippen MR) is 84.8 cm³/mol. The molecule has 120 valence electrons. The lowest BCUT2D eigenvalue weighted by atomic mass is 9.99. The van der Waals surface area contributed by atoms with Crippen LogP contribution >= 0.6 is 0 Å². The number of nitriles is 1. The van der Waals surface area contributed by atoms with Gasteiger partial charge in [-0.05, 0) is 18.9 Å². The summed E-state index contributed by atoms with van der Waals surface area (Å²) in [4.78, 5) is 25.8. The van der Waals surface area contributed by atoms with Crippen molar-refractivity contribution >= 4 is 17.5 Å².